The summed E-state index contributed by atoms with van der Waals surface area (Å²) in [5.74, 6) is -0.329. The third-order valence-corrected chi connectivity index (χ3v) is 2.62. The lowest BCUT2D eigenvalue weighted by molar-refractivity contribution is 0.0601. The Morgan fingerprint density at radius 1 is 1.47 bits per heavy atom. The van der Waals surface area contributed by atoms with Gasteiger partial charge >= 0.3 is 5.97 Å². The smallest absolute Gasteiger partial charge is 0.340 e. The zero-order valence-electron chi connectivity index (χ0n) is 8.69. The third-order valence-electron chi connectivity index (χ3n) is 2.62. The van der Waals surface area contributed by atoms with Crippen LogP contribution in [-0.4, -0.2) is 26.2 Å². The van der Waals surface area contributed by atoms with Crippen LogP contribution in [0.15, 0.2) is 18.2 Å². The molecule has 1 heterocycles. The van der Waals surface area contributed by atoms with Crippen LogP contribution >= 0.6 is 0 Å². The molecule has 1 saturated heterocycles. The van der Waals surface area contributed by atoms with E-state index in [9.17, 15) is 4.79 Å². The molecule has 1 fully saturated rings. The molecule has 0 saturated carbocycles. The molecule has 15 heavy (non-hydrogen) atoms. The van der Waals surface area contributed by atoms with E-state index in [0.717, 1.165) is 18.8 Å². The van der Waals surface area contributed by atoms with Gasteiger partial charge in [0, 0.05) is 18.8 Å². The van der Waals surface area contributed by atoms with Crippen LogP contribution in [0.4, 0.5) is 11.4 Å². The lowest BCUT2D eigenvalue weighted by Crippen LogP contribution is -2.38. The molecule has 1 aromatic rings. The normalized spacial score (nSPS) is 14.6. The van der Waals surface area contributed by atoms with Gasteiger partial charge in [-0.15, -0.1) is 0 Å². The summed E-state index contributed by atoms with van der Waals surface area (Å²) in [5, 5.41) is 0. The predicted octanol–water partition coefficient (Wildman–Crippen LogP) is 1.27. The number of nitrogens with zero attached hydrogens (tertiary/aromatic N) is 1. The number of nitrogens with two attached hydrogens (primary N) is 1. The molecule has 0 atom stereocenters. The Bertz CT molecular complexity index is 386. The highest BCUT2D eigenvalue weighted by atomic mass is 16.5. The third kappa shape index (κ3) is 1.75. The summed E-state index contributed by atoms with van der Waals surface area (Å²) in [4.78, 5) is 13.7. The predicted molar refractivity (Wildman–Crippen MR) is 59.0 cm³/mol. The van der Waals surface area contributed by atoms with Gasteiger partial charge < -0.3 is 15.4 Å². The minimum atomic E-state index is -0.329. The van der Waals surface area contributed by atoms with Gasteiger partial charge in [-0.3, -0.25) is 0 Å². The van der Waals surface area contributed by atoms with Crippen LogP contribution in [0.5, 0.6) is 0 Å². The number of methoxy groups -OCH3 is 1. The Labute approximate surface area is 88.6 Å². The van der Waals surface area contributed by atoms with Crippen LogP contribution in [-0.2, 0) is 4.74 Å². The van der Waals surface area contributed by atoms with Crippen molar-refractivity contribution in [3.63, 3.8) is 0 Å². The molecule has 0 spiro atoms. The minimum Gasteiger partial charge on any atom is -0.465 e. The lowest BCUT2D eigenvalue weighted by atomic mass is 10.1. The van der Waals surface area contributed by atoms with Crippen LogP contribution < -0.4 is 10.6 Å². The Balaban J connectivity index is 2.38. The maximum atomic E-state index is 11.5. The van der Waals surface area contributed by atoms with Crippen molar-refractivity contribution in [2.45, 2.75) is 6.42 Å². The van der Waals surface area contributed by atoms with E-state index >= 15 is 0 Å². The highest BCUT2D eigenvalue weighted by molar-refractivity contribution is 5.97. The summed E-state index contributed by atoms with van der Waals surface area (Å²) in [6.07, 6.45) is 1.17. The Morgan fingerprint density at radius 2 is 2.20 bits per heavy atom. The molecule has 0 bridgehead atoms. The van der Waals surface area contributed by atoms with Gasteiger partial charge in [0.2, 0.25) is 0 Å². The second-order valence-electron chi connectivity index (χ2n) is 3.61. The summed E-state index contributed by atoms with van der Waals surface area (Å²) in [5.41, 5.74) is 7.71. The van der Waals surface area contributed by atoms with Crippen LogP contribution in [0.25, 0.3) is 0 Å². The zero-order valence-corrected chi connectivity index (χ0v) is 8.69. The van der Waals surface area contributed by atoms with Gasteiger partial charge in [-0.1, -0.05) is 0 Å². The molecule has 80 valence electrons. The first-order valence-electron chi connectivity index (χ1n) is 4.95. The molecule has 0 amide bonds. The van der Waals surface area contributed by atoms with Crippen LogP contribution in [0, 0.1) is 0 Å². The van der Waals surface area contributed by atoms with Crippen molar-refractivity contribution >= 4 is 17.3 Å². The van der Waals surface area contributed by atoms with Gasteiger partial charge in [0.1, 0.15) is 0 Å². The van der Waals surface area contributed by atoms with Gasteiger partial charge in [-0.05, 0) is 24.6 Å². The Morgan fingerprint density at radius 3 is 2.73 bits per heavy atom. The fourth-order valence-corrected chi connectivity index (χ4v) is 1.66. The number of carbonyl (C=O) groups excluding carboxylic acids is 1. The van der Waals surface area contributed by atoms with Crippen molar-refractivity contribution in [1.29, 1.82) is 0 Å². The van der Waals surface area contributed by atoms with E-state index in [0.29, 0.717) is 11.3 Å². The van der Waals surface area contributed by atoms with Crippen molar-refractivity contribution in [3.8, 4) is 0 Å². The summed E-state index contributed by atoms with van der Waals surface area (Å²) in [7, 11) is 1.38. The molecule has 2 N–H and O–H groups in total. The topological polar surface area (TPSA) is 55.6 Å². The lowest BCUT2D eigenvalue weighted by Gasteiger charge is -2.34. The fraction of sp³-hybridized carbons (Fsp3) is 0.364. The first kappa shape index (κ1) is 9.83. The molecule has 1 aliphatic rings. The van der Waals surface area contributed by atoms with Crippen LogP contribution in [0.1, 0.15) is 16.8 Å². The number of ether oxygens (including phenoxy) is 1. The molecular formula is C11H14N2O2. The average Bonchev–Trinajstić information content (AvgIpc) is 2.17. The van der Waals surface area contributed by atoms with Gasteiger partial charge in [0.15, 0.2) is 0 Å². The second kappa shape index (κ2) is 3.81. The van der Waals surface area contributed by atoms with Gasteiger partial charge in [0.05, 0.1) is 18.4 Å². The summed E-state index contributed by atoms with van der Waals surface area (Å²) >= 11 is 0. The number of esters is 1. The molecule has 1 aliphatic heterocycles. The number of anilines is 2. The second-order valence-corrected chi connectivity index (χ2v) is 3.61. The number of benzene rings is 1. The zero-order chi connectivity index (χ0) is 10.8. The molecular weight excluding hydrogens is 192 g/mol. The molecule has 1 aromatic carbocycles. The largest absolute Gasteiger partial charge is 0.465 e. The maximum Gasteiger partial charge on any atom is 0.340 e. The fourth-order valence-electron chi connectivity index (χ4n) is 1.66. The minimum absolute atomic E-state index is 0.329. The number of nitrogen functional groups attached to an aromatic ring is 1. The number of hydrogen-bond donors (Lipinski definition) is 1. The average molecular weight is 206 g/mol. The van der Waals surface area contributed by atoms with Crippen molar-refractivity contribution in [2.75, 3.05) is 30.8 Å². The highest BCUT2D eigenvalue weighted by Crippen LogP contribution is 2.27. The molecule has 0 radical (unpaired) electrons. The molecule has 4 nitrogen and oxygen atoms in total. The molecule has 0 aromatic heterocycles. The van der Waals surface area contributed by atoms with Crippen LogP contribution in [0.2, 0.25) is 0 Å². The Hall–Kier alpha value is -1.71. The van der Waals surface area contributed by atoms with E-state index in [1.54, 1.807) is 12.1 Å². The van der Waals surface area contributed by atoms with E-state index in [1.807, 2.05) is 6.07 Å². The van der Waals surface area contributed by atoms with Crippen molar-refractivity contribution in [1.82, 2.24) is 0 Å². The monoisotopic (exact) mass is 206 g/mol. The SMILES string of the molecule is COC(=O)c1cc(N)ccc1N1CCC1. The first-order chi connectivity index (χ1) is 7.22. The number of hydrogen-bond acceptors (Lipinski definition) is 4. The number of carbonyl (C=O) groups is 1. The first-order valence-corrected chi connectivity index (χ1v) is 4.95. The van der Waals surface area contributed by atoms with Gasteiger partial charge in [-0.25, -0.2) is 4.79 Å². The summed E-state index contributed by atoms with van der Waals surface area (Å²) < 4.78 is 4.73. The van der Waals surface area contributed by atoms with E-state index in [4.69, 9.17) is 10.5 Å². The van der Waals surface area contributed by atoms with Crippen LogP contribution in [0.3, 0.4) is 0 Å². The molecule has 2 rings (SSSR count). The van der Waals surface area contributed by atoms with E-state index in [-0.39, 0.29) is 5.97 Å². The quantitative estimate of drug-likeness (QED) is 0.584. The standard InChI is InChI=1S/C11H14N2O2/c1-15-11(14)9-7-8(12)3-4-10(9)13-5-2-6-13/h3-4,7H,2,5-6,12H2,1H3. The number of rotatable bonds is 2. The van der Waals surface area contributed by atoms with Gasteiger partial charge in [0.25, 0.3) is 0 Å². The van der Waals surface area contributed by atoms with E-state index in [2.05, 4.69) is 4.90 Å². The summed E-state index contributed by atoms with van der Waals surface area (Å²) in [6.45, 7) is 1.99. The van der Waals surface area contributed by atoms with E-state index < -0.39 is 0 Å². The Kier molecular flexibility index (Phi) is 2.49. The molecule has 4 heteroatoms. The summed E-state index contributed by atoms with van der Waals surface area (Å²) in [6, 6.07) is 5.35. The van der Waals surface area contributed by atoms with E-state index in [1.165, 1.54) is 13.5 Å². The maximum absolute atomic E-state index is 11.5. The highest BCUT2D eigenvalue weighted by Gasteiger charge is 2.21. The molecule has 0 unspecified atom stereocenters. The van der Waals surface area contributed by atoms with Crippen molar-refractivity contribution in [2.24, 2.45) is 0 Å². The van der Waals surface area contributed by atoms with Crippen molar-refractivity contribution < 1.29 is 9.53 Å². The van der Waals surface area contributed by atoms with Crippen molar-refractivity contribution in [3.05, 3.63) is 23.8 Å². The molecule has 0 aliphatic carbocycles. The van der Waals surface area contributed by atoms with Gasteiger partial charge in [-0.2, -0.15) is 0 Å².